The number of ether oxygens (including phenoxy) is 13. The molecule has 7 aliphatic heterocycles. The van der Waals surface area contributed by atoms with Crippen LogP contribution in [0.5, 0.6) is 0 Å². The normalized spacial score (nSPS) is 42.6. The molecule has 2 aromatic carbocycles. The highest BCUT2D eigenvalue weighted by Gasteiger charge is 2.61. The first-order chi connectivity index (χ1) is 46.5. The van der Waals surface area contributed by atoms with Crippen LogP contribution in [0, 0.1) is 11.8 Å². The van der Waals surface area contributed by atoms with Crippen molar-refractivity contribution < 1.29 is 122 Å². The summed E-state index contributed by atoms with van der Waals surface area (Å²) in [5, 5.41) is 107. The summed E-state index contributed by atoms with van der Waals surface area (Å²) in [6.45, 7) is 3.31. The first-order valence-corrected chi connectivity index (χ1v) is 33.3. The summed E-state index contributed by atoms with van der Waals surface area (Å²) in [7, 11) is 3.10. The Morgan fingerprint density at radius 3 is 1.76 bits per heavy atom. The molecule has 11 rings (SSSR count). The highest BCUT2D eigenvalue weighted by atomic mass is 16.8. The van der Waals surface area contributed by atoms with Gasteiger partial charge in [-0.1, -0.05) is 89.4 Å². The second kappa shape index (κ2) is 36.1. The van der Waals surface area contributed by atoms with Gasteiger partial charge in [0.15, 0.2) is 43.8 Å². The summed E-state index contributed by atoms with van der Waals surface area (Å²) in [4.78, 5) is 40.2. The van der Waals surface area contributed by atoms with E-state index in [1.165, 1.54) is 11.9 Å². The SMILES string of the molecule is C.C.CC1C[C@@H]2OC(O[C@H]3OC(CO)[C@@H](C)[C@H](O)C3O)C3C(OC(=O)N3C)C2O[C@@H]1O[C@@H]1C(NC(=O)OCc2ccccc2)C[C@@H](NC(=O)OCc2ccccc2)C[C@H]1O.CNC1C(O[C@H]2OC(CO)[C@@H](NCCN)[C@H](O)C2O)O[C@H]2CC(N)[C@@H](O[C@@H]3C(N)C[C@@H](N)C[C@H]3O)OC2C1O. The molecule has 0 bridgehead atoms. The van der Waals surface area contributed by atoms with Gasteiger partial charge >= 0.3 is 18.3 Å². The number of nitrogens with two attached hydrogens (primary N) is 4. The van der Waals surface area contributed by atoms with Gasteiger partial charge in [-0.25, -0.2) is 14.4 Å². The topological polar surface area (TPSA) is 509 Å². The largest absolute Gasteiger partial charge is 0.445 e. The lowest BCUT2D eigenvalue weighted by Crippen LogP contribution is -2.70. The second-order valence-corrected chi connectivity index (χ2v) is 26.6. The van der Waals surface area contributed by atoms with Crippen molar-refractivity contribution in [3.8, 4) is 0 Å². The Hall–Kier alpha value is -4.75. The number of benzene rings is 2. The van der Waals surface area contributed by atoms with Gasteiger partial charge in [0, 0.05) is 50.1 Å². The zero-order chi connectivity index (χ0) is 69.5. The van der Waals surface area contributed by atoms with Crippen LogP contribution in [0.25, 0.3) is 0 Å². The van der Waals surface area contributed by atoms with E-state index < -0.39 is 215 Å². The van der Waals surface area contributed by atoms with Crippen LogP contribution in [0.1, 0.15) is 78.4 Å². The summed E-state index contributed by atoms with van der Waals surface area (Å²) in [5.41, 5.74) is 25.5. The van der Waals surface area contributed by atoms with E-state index in [-0.39, 0.29) is 65.8 Å². The second-order valence-electron chi connectivity index (χ2n) is 26.6. The molecule has 34 heteroatoms. The average Bonchev–Trinajstić information content (AvgIpc) is 1.65. The van der Waals surface area contributed by atoms with Crippen molar-refractivity contribution in [2.24, 2.45) is 34.8 Å². The molecule has 21 N–H and O–H groups in total. The van der Waals surface area contributed by atoms with Gasteiger partial charge in [-0.05, 0) is 56.7 Å². The number of likely N-dealkylation sites (N-methyl/N-ethyl adjacent to an activating group) is 2. The fraction of sp³-hybridized carbons (Fsp3) is 0.769. The molecule has 3 amide bonds. The number of rotatable bonds is 20. The van der Waals surface area contributed by atoms with Crippen molar-refractivity contribution >= 4 is 18.3 Å². The van der Waals surface area contributed by atoms with Crippen LogP contribution in [0.15, 0.2) is 60.7 Å². The zero-order valence-electron chi connectivity index (χ0n) is 54.5. The predicted octanol–water partition coefficient (Wildman–Crippen LogP) is -3.56. The van der Waals surface area contributed by atoms with E-state index >= 15 is 0 Å². The quantitative estimate of drug-likeness (QED) is 0.0571. The van der Waals surface area contributed by atoms with Crippen LogP contribution >= 0.6 is 0 Å². The fourth-order valence-corrected chi connectivity index (χ4v) is 14.3. The van der Waals surface area contributed by atoms with Gasteiger partial charge in [0.1, 0.15) is 74.2 Å². The number of fused-ring (bicyclic) bond motifs is 4. The number of hydrogen-bond acceptors (Lipinski definition) is 31. The number of aliphatic hydroxyl groups is 9. The number of carbonyl (C=O) groups is 3. The molecule has 562 valence electrons. The predicted molar refractivity (Wildman–Crippen MR) is 346 cm³/mol. The third kappa shape index (κ3) is 18.8. The maximum absolute atomic E-state index is 13.2. The highest BCUT2D eigenvalue weighted by molar-refractivity contribution is 5.71. The maximum Gasteiger partial charge on any atom is 0.410 e. The van der Waals surface area contributed by atoms with Crippen LogP contribution in [0.4, 0.5) is 14.4 Å². The minimum absolute atomic E-state index is 0. The zero-order valence-corrected chi connectivity index (χ0v) is 54.5. The van der Waals surface area contributed by atoms with Gasteiger partial charge in [-0.15, -0.1) is 0 Å². The number of hydrogen-bond donors (Lipinski definition) is 17. The van der Waals surface area contributed by atoms with Crippen molar-refractivity contribution in [3.05, 3.63) is 71.8 Å². The minimum Gasteiger partial charge on any atom is -0.445 e. The lowest BCUT2D eigenvalue weighted by molar-refractivity contribution is -0.377. The number of aliphatic hydroxyl groups excluding tert-OH is 9. The highest BCUT2D eigenvalue weighted by Crippen LogP contribution is 2.43. The van der Waals surface area contributed by atoms with Crippen LogP contribution < -0.4 is 44.2 Å². The van der Waals surface area contributed by atoms with E-state index in [1.807, 2.05) is 67.6 Å². The van der Waals surface area contributed by atoms with E-state index in [0.29, 0.717) is 25.8 Å². The Balaban J connectivity index is 0.000000266. The van der Waals surface area contributed by atoms with Crippen LogP contribution in [0.3, 0.4) is 0 Å². The molecule has 0 radical (unpaired) electrons. The molecule has 0 spiro atoms. The van der Waals surface area contributed by atoms with E-state index in [1.54, 1.807) is 14.0 Å². The standard InChI is InChI=1S/C40H53N3O15.C23H46N6O10.2CH4/c1-20-14-27-33(34-29(43(3)40(50)57-34)36(53-27)58-37-31(47)30(46)21(2)28(17-44)54-37)56-35(20)55-32-25(42-39(49)52-19-23-12-8-5-9-13-23)15-24(16-26(32)45)41-38(48)51-18-22-10-6-4-7-11-22;1-28-15-17(33)20-12(6-10(27)21(38-20)37-19-9(26)4-8(25)5-11(19)31)35-22(15)39-23-18(34)16(32)14(29-3-2-24)13(7-30)36-23;;/h4-13,20-21,24-37,44-47H,14-19H2,1-3H3,(H,41,48)(H,42,49);8-23,28-34H,2-7,24-27H2,1H3;2*1H4/t20?,21-,24-,25?,26-,27+,28?,29?,30+,31?,32-,33?,34?,35+,36?,37-;8-,9?,10?,11-,12+,13?,14-,15?,16+,17?,18?,19-,20?,21+,22?,23-;;/m11../s1. The molecule has 7 heterocycles. The van der Waals surface area contributed by atoms with E-state index in [9.17, 15) is 60.3 Å². The van der Waals surface area contributed by atoms with Crippen LogP contribution in [-0.4, -0.2) is 293 Å². The molecule has 2 aromatic rings. The smallest absolute Gasteiger partial charge is 0.410 e. The van der Waals surface area contributed by atoms with Gasteiger partial charge in [-0.2, -0.15) is 0 Å². The summed E-state index contributed by atoms with van der Waals surface area (Å²) in [6, 6.07) is 13.0. The average molecular weight is 1410 g/mol. The van der Waals surface area contributed by atoms with Crippen LogP contribution in [-0.2, 0) is 74.8 Å². The number of amides is 3. The summed E-state index contributed by atoms with van der Waals surface area (Å²) < 4.78 is 77.8. The van der Waals surface area contributed by atoms with E-state index in [4.69, 9.17) is 84.5 Å². The Morgan fingerprint density at radius 1 is 0.576 bits per heavy atom. The van der Waals surface area contributed by atoms with Crippen LogP contribution in [0.2, 0.25) is 0 Å². The first-order valence-electron chi connectivity index (χ1n) is 33.3. The van der Waals surface area contributed by atoms with Crippen molar-refractivity contribution in [1.82, 2.24) is 26.2 Å². The molecule has 0 aromatic heterocycles. The molecule has 7 saturated heterocycles. The molecule has 9 aliphatic rings. The number of alkyl carbamates (subject to hydrolysis) is 2. The van der Waals surface area contributed by atoms with Crippen molar-refractivity contribution in [2.75, 3.05) is 40.4 Å². The van der Waals surface area contributed by atoms with Crippen molar-refractivity contribution in [2.45, 2.75) is 264 Å². The Kier molecular flexibility index (Phi) is 29.2. The molecule has 16 unspecified atom stereocenters. The molecule has 99 heavy (non-hydrogen) atoms. The number of carbonyl (C=O) groups excluding carboxylic acids is 3. The van der Waals surface area contributed by atoms with E-state index in [0.717, 1.165) is 11.1 Å². The van der Waals surface area contributed by atoms with Gasteiger partial charge in [0.25, 0.3) is 0 Å². The molecule has 2 saturated carbocycles. The Bertz CT molecular complexity index is 2790. The summed E-state index contributed by atoms with van der Waals surface area (Å²) in [5.74, 6) is -0.943. The van der Waals surface area contributed by atoms with Crippen molar-refractivity contribution in [3.63, 3.8) is 0 Å². The first kappa shape index (κ1) is 79.9. The van der Waals surface area contributed by atoms with Gasteiger partial charge < -0.3 is 152 Å². The minimum atomic E-state index is -1.49. The number of nitrogens with zero attached hydrogens (tertiary/aromatic N) is 1. The summed E-state index contributed by atoms with van der Waals surface area (Å²) >= 11 is 0. The monoisotopic (exact) mass is 1410 g/mol. The lowest BCUT2D eigenvalue weighted by atomic mass is 9.85. The number of nitrogens with one attached hydrogen (secondary N) is 4. The molecular formula is C65H107N9O25. The van der Waals surface area contributed by atoms with Gasteiger partial charge in [0.05, 0.1) is 74.0 Å². The van der Waals surface area contributed by atoms with Gasteiger partial charge in [-0.3, -0.25) is 4.90 Å². The third-order valence-electron chi connectivity index (χ3n) is 19.7. The fourth-order valence-electron chi connectivity index (χ4n) is 14.3. The Labute approximate surface area is 575 Å². The maximum atomic E-state index is 13.2. The molecule has 32 atom stereocenters. The summed E-state index contributed by atoms with van der Waals surface area (Å²) in [6.07, 6.45) is -23.7. The molecule has 9 fully saturated rings. The molecule has 2 aliphatic carbocycles. The molecular weight excluding hydrogens is 1310 g/mol. The lowest BCUT2D eigenvalue weighted by Gasteiger charge is -2.51. The Morgan fingerprint density at radius 2 is 1.14 bits per heavy atom. The molecule has 34 nitrogen and oxygen atoms in total. The van der Waals surface area contributed by atoms with E-state index in [2.05, 4.69) is 21.3 Å². The third-order valence-corrected chi connectivity index (χ3v) is 19.7. The van der Waals surface area contributed by atoms with Gasteiger partial charge in [0.2, 0.25) is 0 Å². The van der Waals surface area contributed by atoms with Crippen molar-refractivity contribution in [1.29, 1.82) is 0 Å².